The summed E-state index contributed by atoms with van der Waals surface area (Å²) in [6, 6.07) is 12.6. The lowest BCUT2D eigenvalue weighted by molar-refractivity contribution is 0.243. The highest BCUT2D eigenvalue weighted by Gasteiger charge is 2.35. The SMILES string of the molecule is COc1ccc(-c2noc(C3CC(NC(=O)Nc4cccc(F)c4)CN3C)n2)cc1. The molecule has 0 spiro atoms. The lowest BCUT2D eigenvalue weighted by Crippen LogP contribution is -2.39. The molecule has 2 N–H and O–H groups in total. The maximum atomic E-state index is 13.3. The number of hydrogen-bond donors (Lipinski definition) is 2. The number of hydrogen-bond acceptors (Lipinski definition) is 6. The molecular formula is C21H22FN5O3. The smallest absolute Gasteiger partial charge is 0.319 e. The van der Waals surface area contributed by atoms with Crippen LogP contribution in [0.25, 0.3) is 11.4 Å². The highest BCUT2D eigenvalue weighted by Crippen LogP contribution is 2.31. The fraction of sp³-hybridized carbons (Fsp3) is 0.286. The number of benzene rings is 2. The fourth-order valence-corrected chi connectivity index (χ4v) is 3.54. The first-order chi connectivity index (χ1) is 14.5. The average molecular weight is 411 g/mol. The van der Waals surface area contributed by atoms with E-state index >= 15 is 0 Å². The van der Waals surface area contributed by atoms with Crippen molar-refractivity contribution in [2.45, 2.75) is 18.5 Å². The predicted octanol–water partition coefficient (Wildman–Crippen LogP) is 3.45. The zero-order chi connectivity index (χ0) is 21.1. The van der Waals surface area contributed by atoms with Crippen molar-refractivity contribution >= 4 is 11.7 Å². The van der Waals surface area contributed by atoms with Gasteiger partial charge in [-0.3, -0.25) is 4.90 Å². The molecule has 2 atom stereocenters. The maximum absolute atomic E-state index is 13.3. The second-order valence-corrected chi connectivity index (χ2v) is 7.18. The van der Waals surface area contributed by atoms with Crippen LogP contribution in [0, 0.1) is 5.82 Å². The molecule has 2 heterocycles. The van der Waals surface area contributed by atoms with Gasteiger partial charge in [-0.1, -0.05) is 11.2 Å². The van der Waals surface area contributed by atoms with E-state index in [2.05, 4.69) is 25.7 Å². The van der Waals surface area contributed by atoms with Crippen LogP contribution in [0.1, 0.15) is 18.4 Å². The highest BCUT2D eigenvalue weighted by molar-refractivity contribution is 5.89. The van der Waals surface area contributed by atoms with Crippen molar-refractivity contribution in [2.24, 2.45) is 0 Å². The number of halogens is 1. The minimum atomic E-state index is -0.405. The Balaban J connectivity index is 1.38. The number of carbonyl (C=O) groups excluding carboxylic acids is 1. The number of likely N-dealkylation sites (tertiary alicyclic amines) is 1. The lowest BCUT2D eigenvalue weighted by Gasteiger charge is -2.14. The average Bonchev–Trinajstić information content (AvgIpc) is 3.34. The van der Waals surface area contributed by atoms with Gasteiger partial charge in [-0.25, -0.2) is 9.18 Å². The molecule has 30 heavy (non-hydrogen) atoms. The summed E-state index contributed by atoms with van der Waals surface area (Å²) in [6.45, 7) is 0.626. The van der Waals surface area contributed by atoms with Crippen LogP contribution in [-0.2, 0) is 0 Å². The normalized spacial score (nSPS) is 18.9. The Morgan fingerprint density at radius 1 is 1.27 bits per heavy atom. The van der Waals surface area contributed by atoms with Gasteiger partial charge in [0.2, 0.25) is 11.7 Å². The van der Waals surface area contributed by atoms with Crippen LogP contribution in [0.15, 0.2) is 53.1 Å². The van der Waals surface area contributed by atoms with Crippen LogP contribution < -0.4 is 15.4 Å². The number of amides is 2. The first-order valence-electron chi connectivity index (χ1n) is 9.53. The standard InChI is InChI=1S/C21H22FN5O3/c1-27-12-16(24-21(28)23-15-5-3-4-14(22)10-15)11-18(27)20-25-19(26-30-20)13-6-8-17(29-2)9-7-13/h3-10,16,18H,11-12H2,1-2H3,(H2,23,24,28). The second kappa shape index (κ2) is 8.50. The van der Waals surface area contributed by atoms with E-state index in [-0.39, 0.29) is 18.1 Å². The van der Waals surface area contributed by atoms with Gasteiger partial charge in [0.15, 0.2) is 0 Å². The zero-order valence-electron chi connectivity index (χ0n) is 16.6. The Morgan fingerprint density at radius 3 is 2.80 bits per heavy atom. The topological polar surface area (TPSA) is 92.5 Å². The van der Waals surface area contributed by atoms with Crippen molar-refractivity contribution < 1.29 is 18.4 Å². The maximum Gasteiger partial charge on any atom is 0.319 e. The molecule has 1 aromatic heterocycles. The molecule has 2 aromatic carbocycles. The highest BCUT2D eigenvalue weighted by atomic mass is 19.1. The molecule has 8 nitrogen and oxygen atoms in total. The van der Waals surface area contributed by atoms with Crippen LogP contribution in [0.5, 0.6) is 5.75 Å². The summed E-state index contributed by atoms with van der Waals surface area (Å²) in [5.41, 5.74) is 1.23. The van der Waals surface area contributed by atoms with Crippen molar-refractivity contribution in [3.8, 4) is 17.1 Å². The van der Waals surface area contributed by atoms with E-state index in [0.29, 0.717) is 30.4 Å². The molecule has 1 aliphatic rings. The molecule has 4 rings (SSSR count). The summed E-state index contributed by atoms with van der Waals surface area (Å²) < 4.78 is 23.9. The van der Waals surface area contributed by atoms with E-state index in [1.807, 2.05) is 31.3 Å². The van der Waals surface area contributed by atoms with Gasteiger partial charge in [-0.05, 0) is 55.9 Å². The minimum absolute atomic E-state index is 0.107. The Kier molecular flexibility index (Phi) is 5.62. The quantitative estimate of drug-likeness (QED) is 0.668. The summed E-state index contributed by atoms with van der Waals surface area (Å²) >= 11 is 0. The molecule has 1 fully saturated rings. The number of anilines is 1. The van der Waals surface area contributed by atoms with Crippen molar-refractivity contribution in [3.05, 3.63) is 60.2 Å². The van der Waals surface area contributed by atoms with Gasteiger partial charge < -0.3 is 19.9 Å². The van der Waals surface area contributed by atoms with Gasteiger partial charge in [-0.15, -0.1) is 0 Å². The number of nitrogens with one attached hydrogen (secondary N) is 2. The van der Waals surface area contributed by atoms with Crippen LogP contribution in [0.4, 0.5) is 14.9 Å². The van der Waals surface area contributed by atoms with Crippen molar-refractivity contribution in [1.29, 1.82) is 0 Å². The largest absolute Gasteiger partial charge is 0.497 e. The third kappa shape index (κ3) is 4.41. The first kappa shape index (κ1) is 19.8. The van der Waals surface area contributed by atoms with Gasteiger partial charge >= 0.3 is 6.03 Å². The van der Waals surface area contributed by atoms with E-state index in [1.165, 1.54) is 12.1 Å². The molecule has 9 heteroatoms. The van der Waals surface area contributed by atoms with E-state index in [4.69, 9.17) is 9.26 Å². The minimum Gasteiger partial charge on any atom is -0.497 e. The van der Waals surface area contributed by atoms with E-state index in [0.717, 1.165) is 11.3 Å². The summed E-state index contributed by atoms with van der Waals surface area (Å²) in [4.78, 5) is 18.8. The number of carbonyl (C=O) groups is 1. The van der Waals surface area contributed by atoms with Gasteiger partial charge in [0, 0.05) is 23.8 Å². The molecule has 3 aromatic rings. The Morgan fingerprint density at radius 2 is 2.07 bits per heavy atom. The number of aromatic nitrogens is 2. The predicted molar refractivity (Wildman–Crippen MR) is 109 cm³/mol. The third-order valence-corrected chi connectivity index (χ3v) is 5.04. The Hall–Kier alpha value is -3.46. The number of ether oxygens (including phenoxy) is 1. The molecule has 0 aliphatic carbocycles. The van der Waals surface area contributed by atoms with Gasteiger partial charge in [0.05, 0.1) is 13.2 Å². The molecular weight excluding hydrogens is 389 g/mol. The third-order valence-electron chi connectivity index (χ3n) is 5.04. The van der Waals surface area contributed by atoms with Crippen LogP contribution in [0.2, 0.25) is 0 Å². The molecule has 0 radical (unpaired) electrons. The zero-order valence-corrected chi connectivity index (χ0v) is 16.6. The molecule has 0 bridgehead atoms. The monoisotopic (exact) mass is 411 g/mol. The first-order valence-corrected chi connectivity index (χ1v) is 9.53. The van der Waals surface area contributed by atoms with Crippen LogP contribution in [0.3, 0.4) is 0 Å². The van der Waals surface area contributed by atoms with Crippen LogP contribution in [-0.4, -0.2) is 47.8 Å². The number of nitrogens with zero attached hydrogens (tertiary/aromatic N) is 3. The van der Waals surface area contributed by atoms with E-state index in [1.54, 1.807) is 19.2 Å². The molecule has 1 aliphatic heterocycles. The second-order valence-electron chi connectivity index (χ2n) is 7.18. The van der Waals surface area contributed by atoms with E-state index in [9.17, 15) is 9.18 Å². The summed E-state index contributed by atoms with van der Waals surface area (Å²) in [7, 11) is 3.55. The number of urea groups is 1. The summed E-state index contributed by atoms with van der Waals surface area (Å²) in [6.07, 6.45) is 0.622. The molecule has 2 amide bonds. The van der Waals surface area contributed by atoms with Gasteiger partial charge in [0.25, 0.3) is 0 Å². The van der Waals surface area contributed by atoms with Gasteiger partial charge in [0.1, 0.15) is 11.6 Å². The summed E-state index contributed by atoms with van der Waals surface area (Å²) in [5, 5.41) is 9.64. The van der Waals surface area contributed by atoms with Gasteiger partial charge in [-0.2, -0.15) is 4.98 Å². The number of rotatable bonds is 5. The lowest BCUT2D eigenvalue weighted by atomic mass is 10.1. The van der Waals surface area contributed by atoms with Crippen molar-refractivity contribution in [3.63, 3.8) is 0 Å². The Labute approximate surface area is 173 Å². The Bertz CT molecular complexity index is 1020. The van der Waals surface area contributed by atoms with Crippen molar-refractivity contribution in [1.82, 2.24) is 20.4 Å². The van der Waals surface area contributed by atoms with Crippen molar-refractivity contribution in [2.75, 3.05) is 26.0 Å². The number of likely N-dealkylation sites (N-methyl/N-ethyl adjacent to an activating group) is 1. The molecule has 0 saturated carbocycles. The molecule has 156 valence electrons. The fourth-order valence-electron chi connectivity index (χ4n) is 3.54. The van der Waals surface area contributed by atoms with E-state index < -0.39 is 5.82 Å². The molecule has 1 saturated heterocycles. The van der Waals surface area contributed by atoms with Crippen LogP contribution >= 0.6 is 0 Å². The number of methoxy groups -OCH3 is 1. The summed E-state index contributed by atoms with van der Waals surface area (Å²) in [5.74, 6) is 1.35. The molecule has 2 unspecified atom stereocenters.